The highest BCUT2D eigenvalue weighted by Crippen LogP contribution is 2.38. The van der Waals surface area contributed by atoms with Crippen LogP contribution < -0.4 is 10.1 Å². The predicted molar refractivity (Wildman–Crippen MR) is 151 cm³/mol. The van der Waals surface area contributed by atoms with Crippen LogP contribution in [0.15, 0.2) is 36.4 Å². The standard InChI is InChI=1S/C29H33F3N6O3/c1-18(21-13-22(29(30,31)32)15-23(14-21)38(39)40)33-28-25-16-24(27(41-3)17-26(25)34-19(2)35-28)20-7-11-37(12-8-20)36-9-5-4-6-10-36/h7,13-18H,4-6,8-12H2,1-3H3,(H,33,34,35)/t18-/m1/s1. The number of hydrogen-bond donors (Lipinski definition) is 1. The van der Waals surface area contributed by atoms with Gasteiger partial charge in [-0.3, -0.25) is 10.1 Å². The van der Waals surface area contributed by atoms with E-state index in [4.69, 9.17) is 4.74 Å². The Labute approximate surface area is 236 Å². The predicted octanol–water partition coefficient (Wildman–Crippen LogP) is 6.54. The average molecular weight is 571 g/mol. The van der Waals surface area contributed by atoms with Gasteiger partial charge in [0.25, 0.3) is 5.69 Å². The number of nitrogens with one attached hydrogen (secondary N) is 1. The first-order valence-electron chi connectivity index (χ1n) is 13.7. The second-order valence-electron chi connectivity index (χ2n) is 10.5. The van der Waals surface area contributed by atoms with Gasteiger partial charge in [-0.15, -0.1) is 0 Å². The number of halogens is 3. The molecule has 0 amide bonds. The first-order chi connectivity index (χ1) is 19.5. The van der Waals surface area contributed by atoms with Crippen LogP contribution in [0.25, 0.3) is 16.5 Å². The van der Waals surface area contributed by atoms with E-state index in [1.54, 1.807) is 21.0 Å². The van der Waals surface area contributed by atoms with E-state index >= 15 is 0 Å². The molecule has 0 bridgehead atoms. The summed E-state index contributed by atoms with van der Waals surface area (Å²) in [6.45, 7) is 7.24. The summed E-state index contributed by atoms with van der Waals surface area (Å²) in [6, 6.07) is 5.71. The minimum atomic E-state index is -4.72. The summed E-state index contributed by atoms with van der Waals surface area (Å²) in [4.78, 5) is 19.7. The molecule has 0 saturated carbocycles. The molecule has 0 spiro atoms. The summed E-state index contributed by atoms with van der Waals surface area (Å²) in [5.41, 5.74) is 1.10. The van der Waals surface area contributed by atoms with E-state index in [0.29, 0.717) is 34.4 Å². The van der Waals surface area contributed by atoms with Gasteiger partial charge in [0.2, 0.25) is 0 Å². The highest BCUT2D eigenvalue weighted by molar-refractivity contribution is 5.94. The van der Waals surface area contributed by atoms with Crippen LogP contribution in [0.2, 0.25) is 0 Å². The lowest BCUT2D eigenvalue weighted by Gasteiger charge is -2.39. The summed E-state index contributed by atoms with van der Waals surface area (Å²) in [5.74, 6) is 1.57. The van der Waals surface area contributed by atoms with Crippen molar-refractivity contribution in [2.75, 3.05) is 38.6 Å². The fourth-order valence-electron chi connectivity index (χ4n) is 5.56. The molecule has 2 aliphatic rings. The Hall–Kier alpha value is -3.77. The Bertz CT molecular complexity index is 1490. The maximum atomic E-state index is 13.5. The first kappa shape index (κ1) is 28.7. The number of piperidine rings is 1. The van der Waals surface area contributed by atoms with Crippen LogP contribution in [0, 0.1) is 17.0 Å². The Balaban J connectivity index is 1.49. The molecular formula is C29H33F3N6O3. The fraction of sp³-hybridized carbons (Fsp3) is 0.448. The van der Waals surface area contributed by atoms with Gasteiger partial charge in [0.1, 0.15) is 17.4 Å². The molecule has 2 aliphatic heterocycles. The zero-order valence-electron chi connectivity index (χ0n) is 23.3. The molecular weight excluding hydrogens is 537 g/mol. The van der Waals surface area contributed by atoms with Crippen molar-refractivity contribution in [3.8, 4) is 5.75 Å². The number of methoxy groups -OCH3 is 1. The molecule has 9 nitrogen and oxygen atoms in total. The van der Waals surface area contributed by atoms with Crippen molar-refractivity contribution in [2.45, 2.75) is 51.7 Å². The third-order valence-corrected chi connectivity index (χ3v) is 7.73. The number of non-ortho nitro benzene ring substituents is 1. The molecule has 5 rings (SSSR count). The molecule has 1 atom stereocenters. The number of hydrogen-bond acceptors (Lipinski definition) is 8. The SMILES string of the molecule is COc1cc2nc(C)nc(N[C@H](C)c3cc([N+](=O)[O-])cc(C(F)(F)F)c3)c2cc1C1=CCN(N2CCCCC2)CC1. The molecule has 2 aromatic carbocycles. The zero-order valence-corrected chi connectivity index (χ0v) is 23.3. The van der Waals surface area contributed by atoms with Crippen LogP contribution >= 0.6 is 0 Å². The molecule has 1 aromatic heterocycles. The quantitative estimate of drug-likeness (QED) is 0.253. The number of ether oxygens (including phenoxy) is 1. The molecule has 3 aromatic rings. The van der Waals surface area contributed by atoms with Crippen LogP contribution in [-0.4, -0.2) is 58.2 Å². The van der Waals surface area contributed by atoms with Gasteiger partial charge in [0.15, 0.2) is 0 Å². The molecule has 12 heteroatoms. The van der Waals surface area contributed by atoms with Crippen molar-refractivity contribution in [3.05, 3.63) is 69.0 Å². The zero-order chi connectivity index (χ0) is 29.3. The molecule has 0 radical (unpaired) electrons. The van der Waals surface area contributed by atoms with Crippen LogP contribution in [0.3, 0.4) is 0 Å². The number of aromatic nitrogens is 2. The van der Waals surface area contributed by atoms with E-state index in [1.807, 2.05) is 12.1 Å². The molecule has 1 fully saturated rings. The monoisotopic (exact) mass is 570 g/mol. The van der Waals surface area contributed by atoms with Crippen LogP contribution in [-0.2, 0) is 6.18 Å². The van der Waals surface area contributed by atoms with Gasteiger partial charge in [0.05, 0.1) is 29.2 Å². The Kier molecular flexibility index (Phi) is 8.14. The minimum absolute atomic E-state index is 0.123. The number of fused-ring (bicyclic) bond motifs is 1. The second-order valence-corrected chi connectivity index (χ2v) is 10.5. The van der Waals surface area contributed by atoms with E-state index in [0.717, 1.165) is 55.9 Å². The number of aryl methyl sites for hydroxylation is 1. The smallest absolute Gasteiger partial charge is 0.416 e. The molecule has 3 heterocycles. The number of nitrogens with zero attached hydrogens (tertiary/aromatic N) is 5. The number of rotatable bonds is 7. The highest BCUT2D eigenvalue weighted by atomic mass is 19.4. The van der Waals surface area contributed by atoms with Crippen molar-refractivity contribution in [3.63, 3.8) is 0 Å². The van der Waals surface area contributed by atoms with Gasteiger partial charge in [-0.2, -0.15) is 13.2 Å². The van der Waals surface area contributed by atoms with Crippen LogP contribution in [0.4, 0.5) is 24.7 Å². The molecule has 218 valence electrons. The van der Waals surface area contributed by atoms with Gasteiger partial charge in [0, 0.05) is 55.3 Å². The lowest BCUT2D eigenvalue weighted by atomic mass is 9.97. The van der Waals surface area contributed by atoms with Crippen molar-refractivity contribution < 1.29 is 22.8 Å². The van der Waals surface area contributed by atoms with Gasteiger partial charge >= 0.3 is 6.18 Å². The molecule has 0 aliphatic carbocycles. The Morgan fingerprint density at radius 3 is 2.44 bits per heavy atom. The van der Waals surface area contributed by atoms with Gasteiger partial charge in [-0.25, -0.2) is 20.0 Å². The first-order valence-corrected chi connectivity index (χ1v) is 13.7. The summed E-state index contributed by atoms with van der Waals surface area (Å²) in [7, 11) is 1.61. The number of benzene rings is 2. The number of nitro groups is 1. The third-order valence-electron chi connectivity index (χ3n) is 7.73. The highest BCUT2D eigenvalue weighted by Gasteiger charge is 2.33. The van der Waals surface area contributed by atoms with Crippen molar-refractivity contribution in [1.82, 2.24) is 20.0 Å². The van der Waals surface area contributed by atoms with Crippen LogP contribution in [0.1, 0.15) is 61.2 Å². The lowest BCUT2D eigenvalue weighted by molar-refractivity contribution is -0.385. The number of nitro benzene ring substituents is 1. The second kappa shape index (κ2) is 11.6. The maximum absolute atomic E-state index is 13.5. The Morgan fingerprint density at radius 2 is 1.80 bits per heavy atom. The maximum Gasteiger partial charge on any atom is 0.416 e. The van der Waals surface area contributed by atoms with Crippen molar-refractivity contribution in [2.24, 2.45) is 0 Å². The lowest BCUT2D eigenvalue weighted by Crippen LogP contribution is -2.47. The summed E-state index contributed by atoms with van der Waals surface area (Å²) >= 11 is 0. The van der Waals surface area contributed by atoms with E-state index in [1.165, 1.54) is 19.3 Å². The van der Waals surface area contributed by atoms with Crippen LogP contribution in [0.5, 0.6) is 5.75 Å². The van der Waals surface area contributed by atoms with Gasteiger partial charge in [-0.1, -0.05) is 12.5 Å². The number of anilines is 1. The largest absolute Gasteiger partial charge is 0.496 e. The Morgan fingerprint density at radius 1 is 1.05 bits per heavy atom. The fourth-order valence-corrected chi connectivity index (χ4v) is 5.56. The van der Waals surface area contributed by atoms with E-state index < -0.39 is 28.4 Å². The number of hydrazine groups is 1. The third kappa shape index (κ3) is 6.28. The number of alkyl halides is 3. The van der Waals surface area contributed by atoms with E-state index in [2.05, 4.69) is 31.4 Å². The summed E-state index contributed by atoms with van der Waals surface area (Å²) in [5, 5.41) is 20.1. The molecule has 1 saturated heterocycles. The van der Waals surface area contributed by atoms with Gasteiger partial charge < -0.3 is 10.1 Å². The van der Waals surface area contributed by atoms with E-state index in [-0.39, 0.29) is 5.56 Å². The van der Waals surface area contributed by atoms with Crippen molar-refractivity contribution >= 4 is 28.0 Å². The molecule has 41 heavy (non-hydrogen) atoms. The molecule has 0 unspecified atom stereocenters. The topological polar surface area (TPSA) is 96.7 Å². The average Bonchev–Trinajstić information content (AvgIpc) is 2.96. The molecule has 1 N–H and O–H groups in total. The summed E-state index contributed by atoms with van der Waals surface area (Å²) < 4.78 is 46.2. The van der Waals surface area contributed by atoms with Crippen molar-refractivity contribution in [1.29, 1.82) is 0 Å². The normalized spacial score (nSPS) is 17.8. The summed E-state index contributed by atoms with van der Waals surface area (Å²) in [6.07, 6.45) is 2.04. The minimum Gasteiger partial charge on any atom is -0.496 e. The van der Waals surface area contributed by atoms with Gasteiger partial charge in [-0.05, 0) is 56.4 Å². The van der Waals surface area contributed by atoms with E-state index in [9.17, 15) is 23.3 Å².